The first-order valence-corrected chi connectivity index (χ1v) is 8.69. The molecule has 1 aromatic carbocycles. The van der Waals surface area contributed by atoms with Gasteiger partial charge in [-0.05, 0) is 29.9 Å². The molecule has 126 valence electrons. The summed E-state index contributed by atoms with van der Waals surface area (Å²) >= 11 is 0. The highest BCUT2D eigenvalue weighted by Gasteiger charge is 2.33. The van der Waals surface area contributed by atoms with E-state index in [1.165, 1.54) is 11.1 Å². The first kappa shape index (κ1) is 16.3. The number of hydrogen-bond acceptors (Lipinski definition) is 2. The molecule has 0 aliphatic carbocycles. The molecular formula is C19H28N2O2. The maximum atomic E-state index is 12.8. The van der Waals surface area contributed by atoms with Crippen molar-refractivity contribution in [3.63, 3.8) is 0 Å². The molecule has 4 heteroatoms. The molecule has 3 rings (SSSR count). The topological polar surface area (TPSA) is 41.6 Å². The van der Waals surface area contributed by atoms with Gasteiger partial charge in [-0.15, -0.1) is 0 Å². The summed E-state index contributed by atoms with van der Waals surface area (Å²) in [6, 6.07) is 8.89. The van der Waals surface area contributed by atoms with Crippen LogP contribution in [-0.2, 0) is 16.6 Å². The van der Waals surface area contributed by atoms with Crippen molar-refractivity contribution in [1.29, 1.82) is 0 Å². The number of rotatable bonds is 1. The summed E-state index contributed by atoms with van der Waals surface area (Å²) in [4.78, 5) is 14.8. The SMILES string of the molecule is CC1COCCC1NC(=O)N1CCc2ccccc2C(C)(C)C1. The Morgan fingerprint density at radius 3 is 2.91 bits per heavy atom. The van der Waals surface area contributed by atoms with Crippen molar-refractivity contribution < 1.29 is 9.53 Å². The molecule has 0 radical (unpaired) electrons. The van der Waals surface area contributed by atoms with Crippen molar-refractivity contribution in [3.05, 3.63) is 35.4 Å². The number of urea groups is 1. The average Bonchev–Trinajstić information content (AvgIpc) is 2.66. The van der Waals surface area contributed by atoms with E-state index in [9.17, 15) is 4.79 Å². The van der Waals surface area contributed by atoms with Gasteiger partial charge in [-0.25, -0.2) is 4.79 Å². The van der Waals surface area contributed by atoms with E-state index >= 15 is 0 Å². The summed E-state index contributed by atoms with van der Waals surface area (Å²) in [6.07, 6.45) is 1.83. The summed E-state index contributed by atoms with van der Waals surface area (Å²) in [5.41, 5.74) is 2.72. The third-order valence-corrected chi connectivity index (χ3v) is 5.22. The number of hydrogen-bond donors (Lipinski definition) is 1. The van der Waals surface area contributed by atoms with E-state index in [0.717, 1.165) is 39.1 Å². The van der Waals surface area contributed by atoms with Crippen molar-refractivity contribution in [2.75, 3.05) is 26.3 Å². The highest BCUT2D eigenvalue weighted by molar-refractivity contribution is 5.75. The molecular weight excluding hydrogens is 288 g/mol. The van der Waals surface area contributed by atoms with Gasteiger partial charge in [0.05, 0.1) is 6.61 Å². The molecule has 2 atom stereocenters. The minimum atomic E-state index is -0.0221. The number of amides is 2. The Bertz CT molecular complexity index is 570. The first-order chi connectivity index (χ1) is 11.0. The van der Waals surface area contributed by atoms with Crippen LogP contribution in [0.3, 0.4) is 0 Å². The second kappa shape index (κ2) is 6.52. The van der Waals surface area contributed by atoms with Gasteiger partial charge in [-0.1, -0.05) is 45.0 Å². The lowest BCUT2D eigenvalue weighted by Gasteiger charge is -2.34. The number of benzene rings is 1. The van der Waals surface area contributed by atoms with Gasteiger partial charge in [0.25, 0.3) is 0 Å². The molecule has 0 spiro atoms. The largest absolute Gasteiger partial charge is 0.381 e. The monoisotopic (exact) mass is 316 g/mol. The van der Waals surface area contributed by atoms with Crippen molar-refractivity contribution in [2.24, 2.45) is 5.92 Å². The quantitative estimate of drug-likeness (QED) is 0.865. The molecule has 2 unspecified atom stereocenters. The van der Waals surface area contributed by atoms with E-state index in [4.69, 9.17) is 4.74 Å². The van der Waals surface area contributed by atoms with Gasteiger partial charge < -0.3 is 15.0 Å². The van der Waals surface area contributed by atoms with Crippen molar-refractivity contribution in [1.82, 2.24) is 10.2 Å². The molecule has 1 fully saturated rings. The number of nitrogens with zero attached hydrogens (tertiary/aromatic N) is 1. The van der Waals surface area contributed by atoms with Crippen LogP contribution in [0, 0.1) is 5.92 Å². The predicted molar refractivity (Wildman–Crippen MR) is 91.7 cm³/mol. The molecule has 0 bridgehead atoms. The zero-order chi connectivity index (χ0) is 16.4. The summed E-state index contributed by atoms with van der Waals surface area (Å²) in [7, 11) is 0. The van der Waals surface area contributed by atoms with Gasteiger partial charge >= 0.3 is 6.03 Å². The molecule has 2 heterocycles. The van der Waals surface area contributed by atoms with Gasteiger partial charge in [-0.3, -0.25) is 0 Å². The maximum absolute atomic E-state index is 12.8. The summed E-state index contributed by atoms with van der Waals surface area (Å²) in [5.74, 6) is 0.380. The van der Waals surface area contributed by atoms with Crippen LogP contribution in [-0.4, -0.2) is 43.3 Å². The normalized spacial score (nSPS) is 27.0. The number of ether oxygens (including phenoxy) is 1. The van der Waals surface area contributed by atoms with Crippen LogP contribution in [0.1, 0.15) is 38.3 Å². The maximum Gasteiger partial charge on any atom is 0.317 e. The lowest BCUT2D eigenvalue weighted by molar-refractivity contribution is 0.0400. The molecule has 0 aromatic heterocycles. The third kappa shape index (κ3) is 3.52. The van der Waals surface area contributed by atoms with Gasteiger partial charge in [-0.2, -0.15) is 0 Å². The van der Waals surface area contributed by atoms with Gasteiger partial charge in [0, 0.05) is 31.2 Å². The smallest absolute Gasteiger partial charge is 0.317 e. The van der Waals surface area contributed by atoms with Crippen LogP contribution in [0.25, 0.3) is 0 Å². The fraction of sp³-hybridized carbons (Fsp3) is 0.632. The lowest BCUT2D eigenvalue weighted by atomic mass is 9.82. The van der Waals surface area contributed by atoms with Crippen LogP contribution in [0.2, 0.25) is 0 Å². The summed E-state index contributed by atoms with van der Waals surface area (Å²) in [6.45, 7) is 9.63. The minimum absolute atomic E-state index is 0.0221. The molecule has 0 saturated carbocycles. The molecule has 1 aromatic rings. The fourth-order valence-electron chi connectivity index (χ4n) is 3.81. The Balaban J connectivity index is 1.71. The van der Waals surface area contributed by atoms with Crippen LogP contribution < -0.4 is 5.32 Å². The molecule has 23 heavy (non-hydrogen) atoms. The number of carbonyl (C=O) groups excluding carboxylic acids is 1. The molecule has 1 saturated heterocycles. The Kier molecular flexibility index (Phi) is 4.62. The van der Waals surface area contributed by atoms with Crippen LogP contribution >= 0.6 is 0 Å². The number of fused-ring (bicyclic) bond motifs is 1. The van der Waals surface area contributed by atoms with Gasteiger partial charge in [0.2, 0.25) is 0 Å². The van der Waals surface area contributed by atoms with E-state index in [0.29, 0.717) is 5.92 Å². The molecule has 2 aliphatic rings. The Morgan fingerprint density at radius 2 is 2.13 bits per heavy atom. The lowest BCUT2D eigenvalue weighted by Crippen LogP contribution is -2.52. The van der Waals surface area contributed by atoms with Gasteiger partial charge in [0.1, 0.15) is 0 Å². The number of carbonyl (C=O) groups is 1. The highest BCUT2D eigenvalue weighted by Crippen LogP contribution is 2.30. The van der Waals surface area contributed by atoms with E-state index in [2.05, 4.69) is 50.4 Å². The summed E-state index contributed by atoms with van der Waals surface area (Å²) in [5, 5.41) is 3.24. The van der Waals surface area contributed by atoms with E-state index in [1.54, 1.807) is 0 Å². The molecule has 1 N–H and O–H groups in total. The molecule has 4 nitrogen and oxygen atoms in total. The van der Waals surface area contributed by atoms with E-state index < -0.39 is 0 Å². The third-order valence-electron chi connectivity index (χ3n) is 5.22. The standard InChI is InChI=1S/C19H28N2O2/c1-14-12-23-11-9-17(14)20-18(22)21-10-8-15-6-4-5-7-16(15)19(2,3)13-21/h4-7,14,17H,8-13H2,1-3H3,(H,20,22). The van der Waals surface area contributed by atoms with Crippen LogP contribution in [0.15, 0.2) is 24.3 Å². The van der Waals surface area contributed by atoms with Crippen molar-refractivity contribution in [3.8, 4) is 0 Å². The zero-order valence-electron chi connectivity index (χ0n) is 14.5. The molecule has 2 amide bonds. The predicted octanol–water partition coefficient (Wildman–Crippen LogP) is 2.96. The minimum Gasteiger partial charge on any atom is -0.381 e. The fourth-order valence-corrected chi connectivity index (χ4v) is 3.81. The van der Waals surface area contributed by atoms with Crippen molar-refractivity contribution >= 4 is 6.03 Å². The Labute approximate surface area is 139 Å². The Morgan fingerprint density at radius 1 is 1.35 bits per heavy atom. The first-order valence-electron chi connectivity index (χ1n) is 8.69. The summed E-state index contributed by atoms with van der Waals surface area (Å²) < 4.78 is 5.47. The zero-order valence-corrected chi connectivity index (χ0v) is 14.5. The van der Waals surface area contributed by atoms with Crippen LogP contribution in [0.5, 0.6) is 0 Å². The molecule has 2 aliphatic heterocycles. The second-order valence-electron chi connectivity index (χ2n) is 7.61. The highest BCUT2D eigenvalue weighted by atomic mass is 16.5. The average molecular weight is 316 g/mol. The van der Waals surface area contributed by atoms with E-state index in [-0.39, 0.29) is 17.5 Å². The van der Waals surface area contributed by atoms with E-state index in [1.807, 2.05) is 4.90 Å². The number of nitrogens with one attached hydrogen (secondary N) is 1. The second-order valence-corrected chi connectivity index (χ2v) is 7.61. The van der Waals surface area contributed by atoms with Gasteiger partial charge in [0.15, 0.2) is 0 Å². The van der Waals surface area contributed by atoms with Crippen LogP contribution in [0.4, 0.5) is 4.79 Å². The Hall–Kier alpha value is -1.55. The van der Waals surface area contributed by atoms with Crippen molar-refractivity contribution in [2.45, 2.75) is 45.1 Å².